The Bertz CT molecular complexity index is 2350. The van der Waals surface area contributed by atoms with Crippen molar-refractivity contribution in [3.05, 3.63) is 93.4 Å². The number of carbonyl (C=O) groups excluding carboxylic acids is 3. The minimum absolute atomic E-state index is 0.107. The monoisotopic (exact) mass is 804 g/mol. The van der Waals surface area contributed by atoms with Crippen LogP contribution in [0.3, 0.4) is 0 Å². The third-order valence-electron chi connectivity index (χ3n) is 12.8. The van der Waals surface area contributed by atoms with E-state index < -0.39 is 11.9 Å². The summed E-state index contributed by atoms with van der Waals surface area (Å²) in [5, 5.41) is 20.7. The quantitative estimate of drug-likeness (QED) is 0.217. The number of anilines is 2. The van der Waals surface area contributed by atoms with Crippen molar-refractivity contribution in [3.8, 4) is 11.8 Å². The number of hydrogen-bond acceptors (Lipinski definition) is 10. The lowest BCUT2D eigenvalue weighted by molar-refractivity contribution is -0.164. The maximum Gasteiger partial charge on any atom is 0.275 e. The first-order valence-electron chi connectivity index (χ1n) is 20.1. The Morgan fingerprint density at radius 2 is 1.66 bits per heavy atom. The summed E-state index contributed by atoms with van der Waals surface area (Å²) in [6, 6.07) is 20.0. The third kappa shape index (κ3) is 7.39. The maximum atomic E-state index is 13.5. The summed E-state index contributed by atoms with van der Waals surface area (Å²) in [5.41, 5.74) is 2.17. The van der Waals surface area contributed by atoms with Crippen molar-refractivity contribution in [3.63, 3.8) is 0 Å². The number of ether oxygens (including phenoxy) is 1. The van der Waals surface area contributed by atoms with E-state index in [0.717, 1.165) is 69.0 Å². The summed E-state index contributed by atoms with van der Waals surface area (Å²) < 4.78 is 7.59. The number of piperazine rings is 1. The predicted octanol–water partition coefficient (Wildman–Crippen LogP) is 5.16. The fraction of sp³-hybridized carbons (Fsp3) is 0.455. The van der Waals surface area contributed by atoms with Gasteiger partial charge in [0.25, 0.3) is 17.4 Å². The van der Waals surface area contributed by atoms with Crippen molar-refractivity contribution in [2.24, 2.45) is 16.7 Å². The second-order valence-corrected chi connectivity index (χ2v) is 17.8. The summed E-state index contributed by atoms with van der Waals surface area (Å²) in [4.78, 5) is 58.0. The average molecular weight is 805 g/mol. The molecule has 1 unspecified atom stereocenters. The van der Waals surface area contributed by atoms with Crippen molar-refractivity contribution in [1.82, 2.24) is 25.3 Å². The maximum absolute atomic E-state index is 13.5. The molecule has 0 spiro atoms. The van der Waals surface area contributed by atoms with E-state index >= 15 is 0 Å². The van der Waals surface area contributed by atoms with Crippen molar-refractivity contribution in [1.29, 1.82) is 5.26 Å². The van der Waals surface area contributed by atoms with Crippen molar-refractivity contribution in [2.45, 2.75) is 65.1 Å². The van der Waals surface area contributed by atoms with Gasteiger partial charge in [-0.15, -0.1) is 0 Å². The van der Waals surface area contributed by atoms with Crippen LogP contribution in [0.2, 0.25) is 5.02 Å². The molecule has 3 saturated heterocycles. The number of halogens is 1. The predicted molar refractivity (Wildman–Crippen MR) is 222 cm³/mol. The lowest BCUT2D eigenvalue weighted by Crippen LogP contribution is -2.74. The van der Waals surface area contributed by atoms with Gasteiger partial charge in [-0.2, -0.15) is 10.4 Å². The highest BCUT2D eigenvalue weighted by Gasteiger charge is 2.64. The highest BCUT2D eigenvalue weighted by atomic mass is 35.5. The van der Waals surface area contributed by atoms with E-state index in [1.54, 1.807) is 24.4 Å². The van der Waals surface area contributed by atoms with Gasteiger partial charge < -0.3 is 19.9 Å². The SMILES string of the molecule is CC1(C)[C@H](NC(=O)c2ccc(N3CCC(CN4CCN(c5ccc6c(=O)n([C@@H]7CCC(=O)NC7=O)ncc6c5)CC4)C3)cc2)C(C)(C)[C@H]1Oc1ccc(C#N)c(Cl)c1. The summed E-state index contributed by atoms with van der Waals surface area (Å²) in [7, 11) is 0. The number of nitriles is 1. The molecular weight excluding hydrogens is 756 g/mol. The molecule has 1 aromatic heterocycles. The Balaban J connectivity index is 0.812. The molecule has 2 N–H and O–H groups in total. The molecule has 3 aliphatic heterocycles. The number of imide groups is 1. The van der Waals surface area contributed by atoms with Crippen molar-refractivity contribution in [2.75, 3.05) is 55.6 Å². The standard InChI is InChI=1S/C44H49ClN8O5/c1-43(2)41(44(3,4)42(43)58-33-11-7-29(23-46)35(45)22-33)49-38(55)28-5-8-31(9-6-28)52-16-15-27(26-52)25-50-17-19-51(20-18-50)32-10-12-34-30(21-32)24-47-53(40(34)57)36-13-14-37(54)48-39(36)56/h5-12,21-22,24,27,36,41-42H,13-20,25-26H2,1-4H3,(H,49,55)(H,48,54,56)/t27?,36-,41-,42-/m1/s1. The fourth-order valence-corrected chi connectivity index (χ4v) is 10.1. The molecule has 3 aromatic carbocycles. The van der Waals surface area contributed by atoms with E-state index in [-0.39, 0.29) is 53.2 Å². The van der Waals surface area contributed by atoms with Crippen LogP contribution in [0.5, 0.6) is 5.75 Å². The van der Waals surface area contributed by atoms with E-state index in [1.165, 1.54) is 4.68 Å². The molecule has 14 heteroatoms. The molecule has 1 aliphatic carbocycles. The highest BCUT2D eigenvalue weighted by molar-refractivity contribution is 6.31. The van der Waals surface area contributed by atoms with Crippen LogP contribution in [0.4, 0.5) is 11.4 Å². The lowest BCUT2D eigenvalue weighted by atomic mass is 9.49. The zero-order valence-electron chi connectivity index (χ0n) is 33.3. The number of benzene rings is 3. The first kappa shape index (κ1) is 39.4. The first-order chi connectivity index (χ1) is 27.7. The topological polar surface area (TPSA) is 153 Å². The number of amides is 3. The van der Waals surface area contributed by atoms with Gasteiger partial charge in [-0.05, 0) is 73.4 Å². The van der Waals surface area contributed by atoms with Gasteiger partial charge >= 0.3 is 0 Å². The molecule has 4 aliphatic rings. The van der Waals surface area contributed by atoms with E-state index in [4.69, 9.17) is 16.3 Å². The molecule has 4 heterocycles. The van der Waals surface area contributed by atoms with Crippen molar-refractivity contribution >= 4 is 51.5 Å². The van der Waals surface area contributed by atoms with E-state index in [0.29, 0.717) is 33.2 Å². The van der Waals surface area contributed by atoms with Crippen LogP contribution >= 0.6 is 11.6 Å². The van der Waals surface area contributed by atoms with E-state index in [9.17, 15) is 24.4 Å². The van der Waals surface area contributed by atoms with Gasteiger partial charge in [-0.25, -0.2) is 4.68 Å². The van der Waals surface area contributed by atoms with Gasteiger partial charge in [0.1, 0.15) is 24.0 Å². The molecule has 0 radical (unpaired) electrons. The summed E-state index contributed by atoms with van der Waals surface area (Å²) in [6.07, 6.45) is 3.01. The minimum Gasteiger partial charge on any atom is -0.489 e. The van der Waals surface area contributed by atoms with Crippen LogP contribution < -0.4 is 30.7 Å². The van der Waals surface area contributed by atoms with Crippen LogP contribution in [-0.2, 0) is 9.59 Å². The molecule has 58 heavy (non-hydrogen) atoms. The second-order valence-electron chi connectivity index (χ2n) is 17.4. The minimum atomic E-state index is -0.785. The van der Waals surface area contributed by atoms with Gasteiger partial charge in [-0.1, -0.05) is 39.3 Å². The number of aromatic nitrogens is 2. The smallest absolute Gasteiger partial charge is 0.275 e. The molecule has 13 nitrogen and oxygen atoms in total. The highest BCUT2D eigenvalue weighted by Crippen LogP contribution is 2.55. The second kappa shape index (κ2) is 15.4. The third-order valence-corrected chi connectivity index (χ3v) is 13.1. The van der Waals surface area contributed by atoms with E-state index in [2.05, 4.69) is 76.3 Å². The van der Waals surface area contributed by atoms with Crippen LogP contribution in [0.25, 0.3) is 10.8 Å². The molecule has 302 valence electrons. The Kier molecular flexibility index (Phi) is 10.4. The zero-order valence-corrected chi connectivity index (χ0v) is 34.1. The molecule has 4 fully saturated rings. The summed E-state index contributed by atoms with van der Waals surface area (Å²) in [6.45, 7) is 15.0. The molecule has 3 amide bonds. The normalized spacial score (nSPS) is 24.2. The fourth-order valence-electron chi connectivity index (χ4n) is 9.89. The molecule has 2 atom stereocenters. The number of fused-ring (bicyclic) bond motifs is 1. The number of rotatable bonds is 9. The number of carbonyl (C=O) groups is 3. The van der Waals surface area contributed by atoms with Gasteiger partial charge in [-0.3, -0.25) is 29.4 Å². The number of piperidine rings is 1. The molecule has 4 aromatic rings. The Morgan fingerprint density at radius 1 is 0.931 bits per heavy atom. The lowest BCUT2D eigenvalue weighted by Gasteiger charge is -2.63. The number of nitrogens with zero attached hydrogens (tertiary/aromatic N) is 6. The van der Waals surface area contributed by atoms with E-state index in [1.807, 2.05) is 30.3 Å². The van der Waals surface area contributed by atoms with Gasteiger partial charge in [0.2, 0.25) is 5.91 Å². The zero-order chi connectivity index (χ0) is 40.9. The van der Waals surface area contributed by atoms with Gasteiger partial charge in [0.05, 0.1) is 22.2 Å². The molecule has 1 saturated carbocycles. The van der Waals surface area contributed by atoms with Crippen LogP contribution in [0.15, 0.2) is 71.7 Å². The first-order valence-corrected chi connectivity index (χ1v) is 20.5. The largest absolute Gasteiger partial charge is 0.489 e. The molecule has 8 rings (SSSR count). The van der Waals surface area contributed by atoms with Gasteiger partial charge in [0, 0.05) is 97.5 Å². The Hall–Kier alpha value is -5.45. The molecule has 0 bridgehead atoms. The van der Waals surface area contributed by atoms with Crippen LogP contribution in [0, 0.1) is 28.1 Å². The summed E-state index contributed by atoms with van der Waals surface area (Å²) >= 11 is 6.26. The Morgan fingerprint density at radius 3 is 2.34 bits per heavy atom. The van der Waals surface area contributed by atoms with Gasteiger partial charge in [0.15, 0.2) is 0 Å². The van der Waals surface area contributed by atoms with Crippen LogP contribution in [0.1, 0.15) is 68.9 Å². The summed E-state index contributed by atoms with van der Waals surface area (Å²) in [5.74, 6) is 0.223. The molecular formula is C44H49ClN8O5. The number of nitrogens with one attached hydrogen (secondary N) is 2. The Labute approximate surface area is 342 Å². The van der Waals surface area contributed by atoms with Crippen molar-refractivity contribution < 1.29 is 19.1 Å². The van der Waals surface area contributed by atoms with Crippen LogP contribution in [-0.4, -0.2) is 90.4 Å². The average Bonchev–Trinajstić information content (AvgIpc) is 3.68. The number of hydrogen-bond donors (Lipinski definition) is 2.